The van der Waals surface area contributed by atoms with E-state index in [0.29, 0.717) is 23.8 Å². The summed E-state index contributed by atoms with van der Waals surface area (Å²) in [4.78, 5) is 12.1. The Hall–Kier alpha value is -1.07. The van der Waals surface area contributed by atoms with Gasteiger partial charge in [-0.2, -0.15) is 5.10 Å². The van der Waals surface area contributed by atoms with E-state index in [1.807, 2.05) is 13.0 Å². The maximum Gasteiger partial charge on any atom is 0.271 e. The number of nitrogens with zero attached hydrogens (tertiary/aromatic N) is 1. The minimum Gasteiger partial charge on any atom is -0.348 e. The number of piperidine rings is 1. The number of carbonyl (C=O) groups is 1. The number of hydrogen-bond donors (Lipinski definition) is 3. The van der Waals surface area contributed by atoms with Crippen LogP contribution in [0.15, 0.2) is 6.07 Å². The Morgan fingerprint density at radius 3 is 2.68 bits per heavy atom. The summed E-state index contributed by atoms with van der Waals surface area (Å²) in [6, 6.07) is 3.34. The standard InChI is InChI=1S/C13H20N4O.ClH/c1-2-8-7-12(17-16-8)13(18)15-11-5-9-3-4-10(6-11)14-9;/h7,9-11,14H,2-6H2,1H3,(H,15,18)(H,16,17);1H. The van der Waals surface area contributed by atoms with E-state index in [-0.39, 0.29) is 18.3 Å². The molecule has 2 aliphatic rings. The molecule has 2 atom stereocenters. The number of aryl methyl sites for hydroxylation is 1. The van der Waals surface area contributed by atoms with Crippen LogP contribution in [0.1, 0.15) is 48.8 Å². The summed E-state index contributed by atoms with van der Waals surface area (Å²) >= 11 is 0. The van der Waals surface area contributed by atoms with Crippen molar-refractivity contribution in [3.63, 3.8) is 0 Å². The zero-order valence-electron chi connectivity index (χ0n) is 11.1. The van der Waals surface area contributed by atoms with Crippen molar-refractivity contribution < 1.29 is 4.79 Å². The first-order valence-corrected chi connectivity index (χ1v) is 6.85. The van der Waals surface area contributed by atoms with Gasteiger partial charge in [0.15, 0.2) is 0 Å². The lowest BCUT2D eigenvalue weighted by Gasteiger charge is -2.29. The maximum absolute atomic E-state index is 12.1. The average Bonchev–Trinajstić information content (AvgIpc) is 2.96. The molecule has 106 valence electrons. The van der Waals surface area contributed by atoms with Gasteiger partial charge in [0.1, 0.15) is 5.69 Å². The molecule has 0 aromatic carbocycles. The molecule has 1 aromatic rings. The molecule has 19 heavy (non-hydrogen) atoms. The van der Waals surface area contributed by atoms with Gasteiger partial charge in [-0.1, -0.05) is 6.92 Å². The number of rotatable bonds is 3. The van der Waals surface area contributed by atoms with Crippen LogP contribution in [0.2, 0.25) is 0 Å². The lowest BCUT2D eigenvalue weighted by molar-refractivity contribution is 0.0919. The zero-order valence-corrected chi connectivity index (χ0v) is 11.9. The van der Waals surface area contributed by atoms with Crippen LogP contribution in [0.5, 0.6) is 0 Å². The van der Waals surface area contributed by atoms with Gasteiger partial charge >= 0.3 is 0 Å². The first-order valence-electron chi connectivity index (χ1n) is 6.85. The Morgan fingerprint density at radius 2 is 2.11 bits per heavy atom. The third kappa shape index (κ3) is 3.09. The fraction of sp³-hybridized carbons (Fsp3) is 0.692. The monoisotopic (exact) mass is 284 g/mol. The van der Waals surface area contributed by atoms with Crippen LogP contribution in [0, 0.1) is 0 Å². The smallest absolute Gasteiger partial charge is 0.271 e. The van der Waals surface area contributed by atoms with Crippen LogP contribution in [0.4, 0.5) is 0 Å². The van der Waals surface area contributed by atoms with Gasteiger partial charge in [-0.25, -0.2) is 0 Å². The predicted octanol–water partition coefficient (Wildman–Crippen LogP) is 1.41. The van der Waals surface area contributed by atoms with Crippen molar-refractivity contribution in [2.24, 2.45) is 0 Å². The maximum atomic E-state index is 12.1. The second-order valence-corrected chi connectivity index (χ2v) is 5.41. The highest BCUT2D eigenvalue weighted by molar-refractivity contribution is 5.92. The van der Waals surface area contributed by atoms with Gasteiger partial charge < -0.3 is 10.6 Å². The van der Waals surface area contributed by atoms with Crippen molar-refractivity contribution in [3.8, 4) is 0 Å². The summed E-state index contributed by atoms with van der Waals surface area (Å²) in [7, 11) is 0. The first-order chi connectivity index (χ1) is 8.74. The predicted molar refractivity (Wildman–Crippen MR) is 75.6 cm³/mol. The summed E-state index contributed by atoms with van der Waals surface area (Å²) in [6.45, 7) is 2.04. The molecule has 5 nitrogen and oxygen atoms in total. The van der Waals surface area contributed by atoms with Gasteiger partial charge in [0.2, 0.25) is 0 Å². The Bertz CT molecular complexity index is 436. The minimum absolute atomic E-state index is 0. The third-order valence-electron chi connectivity index (χ3n) is 4.05. The van der Waals surface area contributed by atoms with Crippen LogP contribution in [-0.4, -0.2) is 34.2 Å². The lowest BCUT2D eigenvalue weighted by atomic mass is 10.00. The number of aromatic amines is 1. The van der Waals surface area contributed by atoms with Gasteiger partial charge in [-0.15, -0.1) is 12.4 Å². The summed E-state index contributed by atoms with van der Waals surface area (Å²) in [5, 5.41) is 13.6. The molecule has 2 aliphatic heterocycles. The van der Waals surface area contributed by atoms with Crippen molar-refractivity contribution in [2.75, 3.05) is 0 Å². The number of hydrogen-bond acceptors (Lipinski definition) is 3. The fourth-order valence-electron chi connectivity index (χ4n) is 3.09. The molecule has 2 bridgehead atoms. The number of carbonyl (C=O) groups excluding carboxylic acids is 1. The van der Waals surface area contributed by atoms with E-state index in [4.69, 9.17) is 0 Å². The van der Waals surface area contributed by atoms with Crippen molar-refractivity contribution >= 4 is 18.3 Å². The molecule has 3 N–H and O–H groups in total. The first kappa shape index (κ1) is 14.3. The SMILES string of the molecule is CCc1cc(C(=O)NC2CC3CCC(C2)N3)n[nH]1.Cl. The average molecular weight is 285 g/mol. The van der Waals surface area contributed by atoms with Crippen LogP contribution in [0.25, 0.3) is 0 Å². The largest absolute Gasteiger partial charge is 0.348 e. The molecule has 2 fully saturated rings. The summed E-state index contributed by atoms with van der Waals surface area (Å²) in [6.07, 6.45) is 5.47. The van der Waals surface area contributed by atoms with Crippen molar-refractivity contribution in [1.82, 2.24) is 20.8 Å². The number of amides is 1. The zero-order chi connectivity index (χ0) is 12.5. The number of aromatic nitrogens is 2. The van der Waals surface area contributed by atoms with E-state index in [1.54, 1.807) is 0 Å². The molecule has 3 rings (SSSR count). The van der Waals surface area contributed by atoms with Gasteiger partial charge in [0.05, 0.1) is 0 Å². The highest BCUT2D eigenvalue weighted by Crippen LogP contribution is 2.26. The normalized spacial score (nSPS) is 28.8. The molecular formula is C13H21ClN4O. The number of nitrogens with one attached hydrogen (secondary N) is 3. The third-order valence-corrected chi connectivity index (χ3v) is 4.05. The lowest BCUT2D eigenvalue weighted by Crippen LogP contribution is -2.48. The summed E-state index contributed by atoms with van der Waals surface area (Å²) in [5.74, 6) is -0.0442. The summed E-state index contributed by atoms with van der Waals surface area (Å²) < 4.78 is 0. The van der Waals surface area contributed by atoms with Crippen LogP contribution in [-0.2, 0) is 6.42 Å². The number of fused-ring (bicyclic) bond motifs is 2. The van der Waals surface area contributed by atoms with Crippen LogP contribution >= 0.6 is 12.4 Å². The topological polar surface area (TPSA) is 69.8 Å². The molecular weight excluding hydrogens is 264 g/mol. The quantitative estimate of drug-likeness (QED) is 0.786. The van der Waals surface area contributed by atoms with Crippen molar-refractivity contribution in [2.45, 2.75) is 57.2 Å². The van der Waals surface area contributed by atoms with E-state index in [1.165, 1.54) is 12.8 Å². The van der Waals surface area contributed by atoms with Crippen molar-refractivity contribution in [1.29, 1.82) is 0 Å². The van der Waals surface area contributed by atoms with Gasteiger partial charge in [-0.3, -0.25) is 9.89 Å². The highest BCUT2D eigenvalue weighted by atomic mass is 35.5. The Morgan fingerprint density at radius 1 is 1.42 bits per heavy atom. The Labute approximate surface area is 119 Å². The fourth-order valence-corrected chi connectivity index (χ4v) is 3.09. The van der Waals surface area contributed by atoms with E-state index in [9.17, 15) is 4.79 Å². The van der Waals surface area contributed by atoms with E-state index >= 15 is 0 Å². The van der Waals surface area contributed by atoms with E-state index in [0.717, 1.165) is 25.0 Å². The van der Waals surface area contributed by atoms with Crippen molar-refractivity contribution in [3.05, 3.63) is 17.5 Å². The second-order valence-electron chi connectivity index (χ2n) is 5.41. The number of halogens is 1. The molecule has 2 saturated heterocycles. The van der Waals surface area contributed by atoms with Gasteiger partial charge in [-0.05, 0) is 38.2 Å². The van der Waals surface area contributed by atoms with E-state index < -0.39 is 0 Å². The molecule has 0 saturated carbocycles. The minimum atomic E-state index is -0.0442. The Balaban J connectivity index is 0.00000133. The van der Waals surface area contributed by atoms with E-state index in [2.05, 4.69) is 20.8 Å². The number of H-pyrrole nitrogens is 1. The molecule has 2 unspecified atom stereocenters. The molecule has 6 heteroatoms. The molecule has 0 aliphatic carbocycles. The summed E-state index contributed by atoms with van der Waals surface area (Å²) in [5.41, 5.74) is 1.52. The molecule has 0 spiro atoms. The molecule has 1 amide bonds. The Kier molecular flexibility index (Phi) is 4.47. The molecule has 0 radical (unpaired) electrons. The molecule has 3 heterocycles. The van der Waals surface area contributed by atoms with Crippen LogP contribution < -0.4 is 10.6 Å². The van der Waals surface area contributed by atoms with Gasteiger partial charge in [0, 0.05) is 23.8 Å². The second kappa shape index (κ2) is 5.92. The van der Waals surface area contributed by atoms with Gasteiger partial charge in [0.25, 0.3) is 5.91 Å². The highest BCUT2D eigenvalue weighted by Gasteiger charge is 2.34. The molecule has 1 aromatic heterocycles. The van der Waals surface area contributed by atoms with Crippen LogP contribution in [0.3, 0.4) is 0 Å².